The van der Waals surface area contributed by atoms with Crippen LogP contribution in [0.15, 0.2) is 46.9 Å². The van der Waals surface area contributed by atoms with E-state index in [0.29, 0.717) is 6.54 Å². The van der Waals surface area contributed by atoms with E-state index in [9.17, 15) is 9.59 Å². The van der Waals surface area contributed by atoms with Crippen molar-refractivity contribution in [2.75, 3.05) is 18.6 Å². The molecule has 1 atom stereocenters. The van der Waals surface area contributed by atoms with Crippen LogP contribution >= 0.6 is 11.3 Å². The van der Waals surface area contributed by atoms with Crippen molar-refractivity contribution in [3.8, 4) is 5.75 Å². The SMILES string of the molecule is COc1ccc(N2CC(C(=O)N/N=C/c3cccs3)CC2=O)cc1. The largest absolute Gasteiger partial charge is 0.497 e. The number of benzene rings is 1. The van der Waals surface area contributed by atoms with Crippen molar-refractivity contribution in [3.63, 3.8) is 0 Å². The number of nitrogens with zero attached hydrogens (tertiary/aromatic N) is 2. The highest BCUT2D eigenvalue weighted by atomic mass is 32.1. The highest BCUT2D eigenvalue weighted by Crippen LogP contribution is 2.26. The van der Waals surface area contributed by atoms with E-state index in [2.05, 4.69) is 10.5 Å². The van der Waals surface area contributed by atoms with Gasteiger partial charge in [-0.2, -0.15) is 5.10 Å². The second-order valence-corrected chi connectivity index (χ2v) is 6.33. The summed E-state index contributed by atoms with van der Waals surface area (Å²) in [7, 11) is 1.59. The van der Waals surface area contributed by atoms with Crippen molar-refractivity contribution in [3.05, 3.63) is 46.7 Å². The first kappa shape index (κ1) is 16.2. The molecule has 1 aliphatic heterocycles. The predicted molar refractivity (Wildman–Crippen MR) is 93.5 cm³/mol. The second-order valence-electron chi connectivity index (χ2n) is 5.35. The molecule has 1 aliphatic rings. The summed E-state index contributed by atoms with van der Waals surface area (Å²) in [5, 5.41) is 5.88. The van der Waals surface area contributed by atoms with E-state index >= 15 is 0 Å². The van der Waals surface area contributed by atoms with E-state index in [0.717, 1.165) is 16.3 Å². The van der Waals surface area contributed by atoms with Gasteiger partial charge in [0.15, 0.2) is 0 Å². The topological polar surface area (TPSA) is 71.0 Å². The Morgan fingerprint density at radius 3 is 2.83 bits per heavy atom. The molecule has 0 spiro atoms. The molecule has 0 aliphatic carbocycles. The quantitative estimate of drug-likeness (QED) is 0.669. The maximum absolute atomic E-state index is 12.2. The second kappa shape index (κ2) is 7.27. The van der Waals surface area contributed by atoms with E-state index in [1.165, 1.54) is 11.3 Å². The van der Waals surface area contributed by atoms with Gasteiger partial charge in [-0.05, 0) is 35.7 Å². The van der Waals surface area contributed by atoms with Crippen molar-refractivity contribution >= 4 is 35.1 Å². The predicted octanol–water partition coefficient (Wildman–Crippen LogP) is 2.26. The molecule has 1 unspecified atom stereocenters. The van der Waals surface area contributed by atoms with Gasteiger partial charge >= 0.3 is 0 Å². The van der Waals surface area contributed by atoms with Gasteiger partial charge in [0.05, 0.1) is 19.2 Å². The van der Waals surface area contributed by atoms with Crippen LogP contribution in [0.5, 0.6) is 5.75 Å². The normalized spacial score (nSPS) is 17.5. The number of thiophene rings is 1. The van der Waals surface area contributed by atoms with Gasteiger partial charge in [-0.25, -0.2) is 5.43 Å². The lowest BCUT2D eigenvalue weighted by molar-refractivity contribution is -0.126. The molecule has 2 amide bonds. The van der Waals surface area contributed by atoms with Gasteiger partial charge < -0.3 is 9.64 Å². The van der Waals surface area contributed by atoms with Crippen LogP contribution in [-0.4, -0.2) is 31.7 Å². The Kier molecular flexibility index (Phi) is 4.90. The first-order chi connectivity index (χ1) is 11.7. The third kappa shape index (κ3) is 3.62. The number of hydrogen-bond donors (Lipinski definition) is 1. The zero-order valence-electron chi connectivity index (χ0n) is 13.1. The summed E-state index contributed by atoms with van der Waals surface area (Å²) < 4.78 is 5.11. The maximum atomic E-state index is 12.2. The molecule has 124 valence electrons. The highest BCUT2D eigenvalue weighted by Gasteiger charge is 2.35. The number of carbonyl (C=O) groups excluding carboxylic acids is 2. The Hall–Kier alpha value is -2.67. The molecular weight excluding hydrogens is 326 g/mol. The molecule has 1 fully saturated rings. The summed E-state index contributed by atoms with van der Waals surface area (Å²) in [5.41, 5.74) is 3.27. The van der Waals surface area contributed by atoms with Gasteiger partial charge in [0, 0.05) is 23.5 Å². The Balaban J connectivity index is 1.60. The zero-order valence-corrected chi connectivity index (χ0v) is 14.0. The number of carbonyl (C=O) groups is 2. The number of methoxy groups -OCH3 is 1. The molecular formula is C17H17N3O3S. The number of rotatable bonds is 5. The van der Waals surface area contributed by atoms with Gasteiger partial charge in [-0.1, -0.05) is 6.07 Å². The van der Waals surface area contributed by atoms with Gasteiger partial charge in [-0.15, -0.1) is 11.3 Å². The van der Waals surface area contributed by atoms with Gasteiger partial charge in [-0.3, -0.25) is 9.59 Å². The fourth-order valence-corrected chi connectivity index (χ4v) is 3.10. The van der Waals surface area contributed by atoms with Crippen LogP contribution < -0.4 is 15.1 Å². The molecule has 1 aromatic heterocycles. The standard InChI is InChI=1S/C17H17N3O3S/c1-23-14-6-4-13(5-7-14)20-11-12(9-16(20)21)17(22)19-18-10-15-3-2-8-24-15/h2-8,10,12H,9,11H2,1H3,(H,19,22)/b18-10+. The minimum absolute atomic E-state index is 0.0671. The van der Waals surface area contributed by atoms with Gasteiger partial charge in [0.1, 0.15) is 5.75 Å². The van der Waals surface area contributed by atoms with Crippen LogP contribution in [-0.2, 0) is 9.59 Å². The van der Waals surface area contributed by atoms with Crippen molar-refractivity contribution in [2.24, 2.45) is 11.0 Å². The average Bonchev–Trinajstić information content (AvgIpc) is 3.24. The Labute approximate surface area is 143 Å². The van der Waals surface area contributed by atoms with Crippen molar-refractivity contribution < 1.29 is 14.3 Å². The molecule has 1 N–H and O–H groups in total. The van der Waals surface area contributed by atoms with E-state index in [-0.39, 0.29) is 18.2 Å². The molecule has 7 heteroatoms. The number of nitrogens with one attached hydrogen (secondary N) is 1. The van der Waals surface area contributed by atoms with E-state index in [1.807, 2.05) is 29.6 Å². The molecule has 6 nitrogen and oxygen atoms in total. The summed E-state index contributed by atoms with van der Waals surface area (Å²) in [6.07, 6.45) is 1.78. The lowest BCUT2D eigenvalue weighted by Gasteiger charge is -2.16. The van der Waals surface area contributed by atoms with Gasteiger partial charge in [0.25, 0.3) is 0 Å². The third-order valence-electron chi connectivity index (χ3n) is 3.79. The van der Waals surface area contributed by atoms with Crippen molar-refractivity contribution in [1.29, 1.82) is 0 Å². The fraction of sp³-hybridized carbons (Fsp3) is 0.235. The monoisotopic (exact) mass is 343 g/mol. The zero-order chi connectivity index (χ0) is 16.9. The first-order valence-electron chi connectivity index (χ1n) is 7.48. The smallest absolute Gasteiger partial charge is 0.245 e. The molecule has 24 heavy (non-hydrogen) atoms. The first-order valence-corrected chi connectivity index (χ1v) is 8.36. The molecule has 3 rings (SSSR count). The molecule has 0 bridgehead atoms. The number of amides is 2. The number of anilines is 1. The minimum atomic E-state index is -0.403. The average molecular weight is 343 g/mol. The summed E-state index contributed by atoms with van der Waals surface area (Å²) >= 11 is 1.53. The Morgan fingerprint density at radius 1 is 1.38 bits per heavy atom. The lowest BCUT2D eigenvalue weighted by Crippen LogP contribution is -2.30. The van der Waals surface area contributed by atoms with E-state index in [1.54, 1.807) is 30.4 Å². The molecule has 1 saturated heterocycles. The lowest BCUT2D eigenvalue weighted by atomic mass is 10.1. The fourth-order valence-electron chi connectivity index (χ4n) is 2.51. The Morgan fingerprint density at radius 2 is 2.17 bits per heavy atom. The summed E-state index contributed by atoms with van der Waals surface area (Å²) in [6.45, 7) is 0.353. The van der Waals surface area contributed by atoms with Crippen LogP contribution in [0.3, 0.4) is 0 Å². The summed E-state index contributed by atoms with van der Waals surface area (Å²) in [4.78, 5) is 26.9. The van der Waals surface area contributed by atoms with Crippen LogP contribution in [0.2, 0.25) is 0 Å². The van der Waals surface area contributed by atoms with Crippen LogP contribution in [0.4, 0.5) is 5.69 Å². The highest BCUT2D eigenvalue weighted by molar-refractivity contribution is 7.11. The minimum Gasteiger partial charge on any atom is -0.497 e. The molecule has 0 saturated carbocycles. The number of ether oxygens (including phenoxy) is 1. The van der Waals surface area contributed by atoms with Crippen LogP contribution in [0.25, 0.3) is 0 Å². The third-order valence-corrected chi connectivity index (χ3v) is 4.60. The molecule has 2 aromatic rings. The molecule has 0 radical (unpaired) electrons. The van der Waals surface area contributed by atoms with Crippen molar-refractivity contribution in [2.45, 2.75) is 6.42 Å². The van der Waals surface area contributed by atoms with Crippen LogP contribution in [0.1, 0.15) is 11.3 Å². The van der Waals surface area contributed by atoms with Crippen molar-refractivity contribution in [1.82, 2.24) is 5.43 Å². The number of hydrazone groups is 1. The summed E-state index contributed by atoms with van der Waals surface area (Å²) in [6, 6.07) is 11.0. The Bertz CT molecular complexity index is 741. The maximum Gasteiger partial charge on any atom is 0.245 e. The number of hydrogen-bond acceptors (Lipinski definition) is 5. The van der Waals surface area contributed by atoms with Crippen LogP contribution in [0, 0.1) is 5.92 Å². The molecule has 1 aromatic carbocycles. The summed E-state index contributed by atoms with van der Waals surface area (Å²) in [5.74, 6) is 0.0115. The van der Waals surface area contributed by atoms with Gasteiger partial charge in [0.2, 0.25) is 11.8 Å². The van der Waals surface area contributed by atoms with E-state index < -0.39 is 5.92 Å². The van der Waals surface area contributed by atoms with E-state index in [4.69, 9.17) is 4.74 Å². The molecule has 2 heterocycles.